The van der Waals surface area contributed by atoms with Gasteiger partial charge in [0, 0.05) is 5.56 Å². The van der Waals surface area contributed by atoms with Crippen LogP contribution in [0, 0.1) is 11.6 Å². The van der Waals surface area contributed by atoms with E-state index in [0.29, 0.717) is 15.2 Å². The van der Waals surface area contributed by atoms with Crippen LogP contribution in [0.15, 0.2) is 40.9 Å². The zero-order valence-corrected chi connectivity index (χ0v) is 12.4. The molecule has 1 nitrogen and oxygen atoms in total. The van der Waals surface area contributed by atoms with Gasteiger partial charge >= 0.3 is 0 Å². The van der Waals surface area contributed by atoms with E-state index in [4.69, 9.17) is 11.6 Å². The summed E-state index contributed by atoms with van der Waals surface area (Å²) in [5.74, 6) is -1.14. The molecule has 0 bridgehead atoms. The second-order valence-electron chi connectivity index (χ2n) is 4.10. The zero-order valence-electron chi connectivity index (χ0n) is 10.1. The van der Waals surface area contributed by atoms with E-state index in [2.05, 4.69) is 21.2 Å². The lowest BCUT2D eigenvalue weighted by Gasteiger charge is -2.18. The minimum Gasteiger partial charge on any atom is -0.377 e. The maximum absolute atomic E-state index is 13.7. The molecule has 1 N–H and O–H groups in total. The van der Waals surface area contributed by atoms with Crippen molar-refractivity contribution in [3.8, 4) is 0 Å². The standard InChI is InChI=1S/C14H11BrClF2N/c1-8(13-10(17)5-3-6-11(13)18)19-12-7-2-4-9(16)14(12)15/h2-8,19H,1H3. The van der Waals surface area contributed by atoms with Gasteiger partial charge in [-0.15, -0.1) is 0 Å². The first-order valence-corrected chi connectivity index (χ1v) is 6.82. The Bertz CT molecular complexity index is 584. The highest BCUT2D eigenvalue weighted by atomic mass is 79.9. The maximum Gasteiger partial charge on any atom is 0.131 e. The van der Waals surface area contributed by atoms with Gasteiger partial charge in [-0.2, -0.15) is 0 Å². The Labute approximate surface area is 123 Å². The summed E-state index contributed by atoms with van der Waals surface area (Å²) in [6.45, 7) is 1.69. The number of halogens is 4. The third-order valence-electron chi connectivity index (χ3n) is 2.76. The van der Waals surface area contributed by atoms with Crippen LogP contribution >= 0.6 is 27.5 Å². The summed E-state index contributed by atoms with van der Waals surface area (Å²) in [4.78, 5) is 0. The van der Waals surface area contributed by atoms with Crippen molar-refractivity contribution in [2.45, 2.75) is 13.0 Å². The number of benzene rings is 2. The molecule has 0 radical (unpaired) electrons. The molecule has 2 aromatic carbocycles. The molecule has 0 amide bonds. The van der Waals surface area contributed by atoms with Crippen LogP contribution in [0.2, 0.25) is 5.02 Å². The fourth-order valence-electron chi connectivity index (χ4n) is 1.85. The van der Waals surface area contributed by atoms with Gasteiger partial charge in [-0.05, 0) is 47.1 Å². The van der Waals surface area contributed by atoms with Crippen molar-refractivity contribution < 1.29 is 8.78 Å². The third kappa shape index (κ3) is 3.07. The van der Waals surface area contributed by atoms with Crippen molar-refractivity contribution >= 4 is 33.2 Å². The number of hydrogen-bond acceptors (Lipinski definition) is 1. The van der Waals surface area contributed by atoms with E-state index < -0.39 is 17.7 Å². The Balaban J connectivity index is 2.31. The van der Waals surface area contributed by atoms with Crippen molar-refractivity contribution in [3.05, 3.63) is 63.1 Å². The van der Waals surface area contributed by atoms with E-state index in [-0.39, 0.29) is 5.56 Å². The van der Waals surface area contributed by atoms with Crippen molar-refractivity contribution in [3.63, 3.8) is 0 Å². The highest BCUT2D eigenvalue weighted by Crippen LogP contribution is 2.33. The van der Waals surface area contributed by atoms with Gasteiger partial charge in [-0.1, -0.05) is 23.7 Å². The van der Waals surface area contributed by atoms with Crippen LogP contribution in [-0.2, 0) is 0 Å². The van der Waals surface area contributed by atoms with E-state index in [1.54, 1.807) is 25.1 Å². The van der Waals surface area contributed by atoms with Gasteiger partial charge in [-0.3, -0.25) is 0 Å². The van der Waals surface area contributed by atoms with Crippen molar-refractivity contribution in [2.75, 3.05) is 5.32 Å². The molecule has 2 rings (SSSR count). The normalized spacial score (nSPS) is 12.3. The average Bonchev–Trinajstić information content (AvgIpc) is 2.35. The van der Waals surface area contributed by atoms with E-state index >= 15 is 0 Å². The molecule has 0 saturated heterocycles. The van der Waals surface area contributed by atoms with E-state index in [9.17, 15) is 8.78 Å². The largest absolute Gasteiger partial charge is 0.377 e. The summed E-state index contributed by atoms with van der Waals surface area (Å²) in [5, 5.41) is 3.57. The molecule has 100 valence electrons. The minimum atomic E-state index is -0.571. The first-order valence-electron chi connectivity index (χ1n) is 5.65. The molecule has 1 unspecified atom stereocenters. The molecule has 0 fully saturated rings. The van der Waals surface area contributed by atoms with Gasteiger partial charge < -0.3 is 5.32 Å². The second kappa shape index (κ2) is 5.88. The van der Waals surface area contributed by atoms with E-state index in [0.717, 1.165) is 0 Å². The highest BCUT2D eigenvalue weighted by molar-refractivity contribution is 9.10. The molecular formula is C14H11BrClF2N. The molecule has 1 atom stereocenters. The van der Waals surface area contributed by atoms with Gasteiger partial charge in [-0.25, -0.2) is 8.78 Å². The molecule has 0 aromatic heterocycles. The Kier molecular flexibility index (Phi) is 4.42. The quantitative estimate of drug-likeness (QED) is 0.768. The molecule has 0 heterocycles. The third-order valence-corrected chi connectivity index (χ3v) is 4.15. The van der Waals surface area contributed by atoms with Crippen molar-refractivity contribution in [1.82, 2.24) is 0 Å². The van der Waals surface area contributed by atoms with E-state index in [1.807, 2.05) is 0 Å². The van der Waals surface area contributed by atoms with E-state index in [1.165, 1.54) is 18.2 Å². The Hall–Kier alpha value is -1.13. The summed E-state index contributed by atoms with van der Waals surface area (Å²) < 4.78 is 28.0. The van der Waals surface area contributed by atoms with Gasteiger partial charge in [0.25, 0.3) is 0 Å². The van der Waals surface area contributed by atoms with Crippen LogP contribution in [0.1, 0.15) is 18.5 Å². The van der Waals surface area contributed by atoms with Crippen LogP contribution < -0.4 is 5.32 Å². The van der Waals surface area contributed by atoms with Crippen LogP contribution in [0.5, 0.6) is 0 Å². The Morgan fingerprint density at radius 2 is 1.68 bits per heavy atom. The molecule has 5 heteroatoms. The topological polar surface area (TPSA) is 12.0 Å². The number of nitrogens with one attached hydrogen (secondary N) is 1. The van der Waals surface area contributed by atoms with Crippen LogP contribution in [-0.4, -0.2) is 0 Å². The molecule has 0 aliphatic rings. The summed E-state index contributed by atoms with van der Waals surface area (Å²) >= 11 is 9.31. The molecule has 0 saturated carbocycles. The number of anilines is 1. The maximum atomic E-state index is 13.7. The molecular weight excluding hydrogens is 336 g/mol. The lowest BCUT2D eigenvalue weighted by molar-refractivity contribution is 0.544. The molecule has 0 aliphatic carbocycles. The Morgan fingerprint density at radius 3 is 2.32 bits per heavy atom. The lowest BCUT2D eigenvalue weighted by Crippen LogP contribution is -2.11. The van der Waals surface area contributed by atoms with Crippen molar-refractivity contribution in [2.24, 2.45) is 0 Å². The number of hydrogen-bond donors (Lipinski definition) is 1. The van der Waals surface area contributed by atoms with Gasteiger partial charge in [0.1, 0.15) is 11.6 Å². The zero-order chi connectivity index (χ0) is 14.0. The first-order chi connectivity index (χ1) is 9.00. The summed E-state index contributed by atoms with van der Waals surface area (Å²) in [7, 11) is 0. The lowest BCUT2D eigenvalue weighted by atomic mass is 10.1. The minimum absolute atomic E-state index is 0.00868. The fourth-order valence-corrected chi connectivity index (χ4v) is 2.40. The van der Waals surface area contributed by atoms with Gasteiger partial charge in [0.05, 0.1) is 21.2 Å². The summed E-state index contributed by atoms with van der Waals surface area (Å²) in [6.07, 6.45) is 0. The average molecular weight is 347 g/mol. The number of rotatable bonds is 3. The van der Waals surface area contributed by atoms with Crippen LogP contribution in [0.25, 0.3) is 0 Å². The molecule has 2 aromatic rings. The predicted molar refractivity (Wildman–Crippen MR) is 77.5 cm³/mol. The highest BCUT2D eigenvalue weighted by Gasteiger charge is 2.16. The summed E-state index contributed by atoms with van der Waals surface area (Å²) in [5.41, 5.74) is 0.692. The van der Waals surface area contributed by atoms with Gasteiger partial charge in [0.15, 0.2) is 0 Å². The van der Waals surface area contributed by atoms with Crippen LogP contribution in [0.4, 0.5) is 14.5 Å². The predicted octanol–water partition coefficient (Wildman–Crippen LogP) is 5.55. The molecule has 0 spiro atoms. The monoisotopic (exact) mass is 345 g/mol. The van der Waals surface area contributed by atoms with Gasteiger partial charge in [0.2, 0.25) is 0 Å². The van der Waals surface area contributed by atoms with Crippen molar-refractivity contribution in [1.29, 1.82) is 0 Å². The SMILES string of the molecule is CC(Nc1cccc(Cl)c1Br)c1c(F)cccc1F. The molecule has 0 aliphatic heterocycles. The second-order valence-corrected chi connectivity index (χ2v) is 5.30. The fraction of sp³-hybridized carbons (Fsp3) is 0.143. The smallest absolute Gasteiger partial charge is 0.131 e. The first kappa shape index (κ1) is 14.3. The summed E-state index contributed by atoms with van der Waals surface area (Å²) in [6, 6.07) is 8.58. The molecule has 19 heavy (non-hydrogen) atoms. The Morgan fingerprint density at radius 1 is 1.11 bits per heavy atom. The van der Waals surface area contributed by atoms with Crippen LogP contribution in [0.3, 0.4) is 0 Å².